The van der Waals surface area contributed by atoms with Gasteiger partial charge in [0.1, 0.15) is 0 Å². The first-order valence-corrected chi connectivity index (χ1v) is 6.64. The van der Waals surface area contributed by atoms with Crippen molar-refractivity contribution in [1.29, 1.82) is 0 Å². The third-order valence-electron chi connectivity index (χ3n) is 3.45. The predicted octanol–water partition coefficient (Wildman–Crippen LogP) is 2.62. The van der Waals surface area contributed by atoms with Crippen molar-refractivity contribution in [3.63, 3.8) is 0 Å². The molecule has 1 rings (SSSR count). The van der Waals surface area contributed by atoms with Crippen LogP contribution in [0.4, 0.5) is 0 Å². The zero-order chi connectivity index (χ0) is 11.3. The van der Waals surface area contributed by atoms with E-state index in [1.165, 1.54) is 38.6 Å². The molecule has 0 amide bonds. The Balaban J connectivity index is 2.22. The van der Waals surface area contributed by atoms with Crippen molar-refractivity contribution in [1.82, 2.24) is 4.90 Å². The summed E-state index contributed by atoms with van der Waals surface area (Å²) in [7, 11) is 0. The minimum Gasteiger partial charge on any atom is -0.326 e. The number of hydrogen-bond acceptors (Lipinski definition) is 2. The lowest BCUT2D eigenvalue weighted by Crippen LogP contribution is -2.42. The van der Waals surface area contributed by atoms with Crippen molar-refractivity contribution in [3.8, 4) is 0 Å². The summed E-state index contributed by atoms with van der Waals surface area (Å²) in [4.78, 5) is 2.55. The highest BCUT2D eigenvalue weighted by molar-refractivity contribution is 4.86. The van der Waals surface area contributed by atoms with Crippen molar-refractivity contribution in [2.75, 3.05) is 13.1 Å². The van der Waals surface area contributed by atoms with Crippen LogP contribution in [-0.2, 0) is 0 Å². The molecule has 0 radical (unpaired) electrons. The molecule has 0 aromatic rings. The van der Waals surface area contributed by atoms with Gasteiger partial charge in [0.15, 0.2) is 0 Å². The van der Waals surface area contributed by atoms with E-state index in [1.807, 2.05) is 0 Å². The quantitative estimate of drug-likeness (QED) is 0.627. The molecule has 1 unspecified atom stereocenters. The lowest BCUT2D eigenvalue weighted by Gasteiger charge is -2.29. The average Bonchev–Trinajstić information content (AvgIpc) is 2.99. The Morgan fingerprint density at radius 2 is 1.93 bits per heavy atom. The standard InChI is InChI=1S/C13H28N2/c1-4-5-6-9-15(11(2)3)10-13(14)12-7-8-12/h11-13H,4-10,14H2,1-3H3. The van der Waals surface area contributed by atoms with Crippen LogP contribution in [0.15, 0.2) is 0 Å². The second kappa shape index (κ2) is 6.49. The highest BCUT2D eigenvalue weighted by atomic mass is 15.2. The molecule has 0 bridgehead atoms. The fourth-order valence-corrected chi connectivity index (χ4v) is 2.07. The van der Waals surface area contributed by atoms with E-state index < -0.39 is 0 Å². The molecule has 15 heavy (non-hydrogen) atoms. The summed E-state index contributed by atoms with van der Waals surface area (Å²) >= 11 is 0. The second-order valence-corrected chi connectivity index (χ2v) is 5.30. The smallest absolute Gasteiger partial charge is 0.0196 e. The van der Waals surface area contributed by atoms with Gasteiger partial charge in [0, 0.05) is 18.6 Å². The van der Waals surface area contributed by atoms with E-state index >= 15 is 0 Å². The van der Waals surface area contributed by atoms with E-state index in [4.69, 9.17) is 5.73 Å². The van der Waals surface area contributed by atoms with Crippen molar-refractivity contribution in [2.45, 2.75) is 65.0 Å². The van der Waals surface area contributed by atoms with Crippen LogP contribution in [0.2, 0.25) is 0 Å². The fraction of sp³-hybridized carbons (Fsp3) is 1.00. The van der Waals surface area contributed by atoms with Crippen molar-refractivity contribution < 1.29 is 0 Å². The highest BCUT2D eigenvalue weighted by Crippen LogP contribution is 2.32. The molecule has 1 aliphatic carbocycles. The van der Waals surface area contributed by atoms with Crippen LogP contribution in [0, 0.1) is 5.92 Å². The van der Waals surface area contributed by atoms with Crippen molar-refractivity contribution in [3.05, 3.63) is 0 Å². The molecule has 0 aromatic carbocycles. The molecule has 0 aromatic heterocycles. The van der Waals surface area contributed by atoms with Gasteiger partial charge in [-0.2, -0.15) is 0 Å². The Kier molecular flexibility index (Phi) is 5.62. The number of nitrogens with two attached hydrogens (primary N) is 1. The molecule has 0 spiro atoms. The topological polar surface area (TPSA) is 29.3 Å². The molecule has 2 nitrogen and oxygen atoms in total. The van der Waals surface area contributed by atoms with Gasteiger partial charge in [0.2, 0.25) is 0 Å². The molecule has 1 aliphatic rings. The molecule has 1 saturated carbocycles. The normalized spacial score (nSPS) is 18.8. The van der Waals surface area contributed by atoms with E-state index in [0.29, 0.717) is 12.1 Å². The Morgan fingerprint density at radius 3 is 2.40 bits per heavy atom. The maximum absolute atomic E-state index is 6.18. The summed E-state index contributed by atoms with van der Waals surface area (Å²) in [5, 5.41) is 0. The third kappa shape index (κ3) is 4.98. The first-order chi connectivity index (χ1) is 7.15. The van der Waals surface area contributed by atoms with Crippen molar-refractivity contribution in [2.24, 2.45) is 11.7 Å². The Bertz CT molecular complexity index is 164. The Hall–Kier alpha value is -0.0800. The van der Waals surface area contributed by atoms with Crippen LogP contribution in [0.5, 0.6) is 0 Å². The maximum atomic E-state index is 6.18. The summed E-state index contributed by atoms with van der Waals surface area (Å²) < 4.78 is 0. The van der Waals surface area contributed by atoms with Crippen LogP contribution in [0.25, 0.3) is 0 Å². The van der Waals surface area contributed by atoms with E-state index in [2.05, 4.69) is 25.7 Å². The molecule has 2 heteroatoms. The van der Waals surface area contributed by atoms with Crippen LogP contribution in [-0.4, -0.2) is 30.1 Å². The molecule has 2 N–H and O–H groups in total. The SMILES string of the molecule is CCCCCN(CC(N)C1CC1)C(C)C. The minimum absolute atomic E-state index is 0.425. The first kappa shape index (κ1) is 13.0. The number of unbranched alkanes of at least 4 members (excludes halogenated alkanes) is 2. The molecule has 90 valence electrons. The van der Waals surface area contributed by atoms with Crippen LogP contribution >= 0.6 is 0 Å². The summed E-state index contributed by atoms with van der Waals surface area (Å²) in [5.74, 6) is 0.831. The monoisotopic (exact) mass is 212 g/mol. The predicted molar refractivity (Wildman–Crippen MR) is 66.9 cm³/mol. The fourth-order valence-electron chi connectivity index (χ4n) is 2.07. The second-order valence-electron chi connectivity index (χ2n) is 5.30. The first-order valence-electron chi connectivity index (χ1n) is 6.64. The van der Waals surface area contributed by atoms with Gasteiger partial charge in [-0.15, -0.1) is 0 Å². The molecule has 0 aliphatic heterocycles. The number of rotatable bonds is 8. The van der Waals surface area contributed by atoms with Gasteiger partial charge in [-0.1, -0.05) is 19.8 Å². The van der Waals surface area contributed by atoms with E-state index in [1.54, 1.807) is 0 Å². The molecule has 0 saturated heterocycles. The Labute approximate surface area is 95.2 Å². The third-order valence-corrected chi connectivity index (χ3v) is 3.45. The van der Waals surface area contributed by atoms with Gasteiger partial charge in [-0.05, 0) is 45.6 Å². The van der Waals surface area contributed by atoms with Gasteiger partial charge in [-0.3, -0.25) is 4.90 Å². The number of nitrogens with zero attached hydrogens (tertiary/aromatic N) is 1. The van der Waals surface area contributed by atoms with Gasteiger partial charge in [0.25, 0.3) is 0 Å². The molecule has 1 fully saturated rings. The van der Waals surface area contributed by atoms with E-state index in [-0.39, 0.29) is 0 Å². The molecular formula is C13H28N2. The zero-order valence-electron chi connectivity index (χ0n) is 10.7. The molecule has 0 heterocycles. The van der Waals surface area contributed by atoms with Gasteiger partial charge < -0.3 is 5.73 Å². The van der Waals surface area contributed by atoms with E-state index in [9.17, 15) is 0 Å². The van der Waals surface area contributed by atoms with Crippen LogP contribution in [0.3, 0.4) is 0 Å². The number of hydrogen-bond donors (Lipinski definition) is 1. The summed E-state index contributed by atoms with van der Waals surface area (Å²) in [6.45, 7) is 9.16. The molecule has 1 atom stereocenters. The van der Waals surface area contributed by atoms with Crippen LogP contribution < -0.4 is 5.73 Å². The lowest BCUT2D eigenvalue weighted by molar-refractivity contribution is 0.198. The maximum Gasteiger partial charge on any atom is 0.0196 e. The van der Waals surface area contributed by atoms with Crippen LogP contribution in [0.1, 0.15) is 52.9 Å². The van der Waals surface area contributed by atoms with Gasteiger partial charge in [-0.25, -0.2) is 0 Å². The van der Waals surface area contributed by atoms with Gasteiger partial charge >= 0.3 is 0 Å². The summed E-state index contributed by atoms with van der Waals surface area (Å²) in [6.07, 6.45) is 6.71. The molecular weight excluding hydrogens is 184 g/mol. The minimum atomic E-state index is 0.425. The summed E-state index contributed by atoms with van der Waals surface area (Å²) in [5.41, 5.74) is 6.18. The van der Waals surface area contributed by atoms with E-state index in [0.717, 1.165) is 12.5 Å². The summed E-state index contributed by atoms with van der Waals surface area (Å²) in [6, 6.07) is 1.07. The average molecular weight is 212 g/mol. The zero-order valence-corrected chi connectivity index (χ0v) is 10.7. The van der Waals surface area contributed by atoms with Crippen molar-refractivity contribution >= 4 is 0 Å². The lowest BCUT2D eigenvalue weighted by atomic mass is 10.1. The highest BCUT2D eigenvalue weighted by Gasteiger charge is 2.29. The largest absolute Gasteiger partial charge is 0.326 e. The van der Waals surface area contributed by atoms with Gasteiger partial charge in [0.05, 0.1) is 0 Å². The Morgan fingerprint density at radius 1 is 1.27 bits per heavy atom.